The number of hydrogen-bond donors (Lipinski definition) is 3. The molecule has 8 nitrogen and oxygen atoms in total. The Morgan fingerprint density at radius 3 is 2.42 bits per heavy atom. The van der Waals surface area contributed by atoms with Crippen LogP contribution in [0.25, 0.3) is 0 Å². The molecule has 2 heterocycles. The zero-order chi connectivity index (χ0) is 18.8. The minimum Gasteiger partial charge on any atom is -0.348 e. The quantitative estimate of drug-likeness (QED) is 0.728. The van der Waals surface area contributed by atoms with Gasteiger partial charge in [-0.3, -0.25) is 19.4 Å². The number of amides is 2. The molecule has 2 aromatic heterocycles. The standard InChI is InChI=1S/C18H26N6O2/c1-5-11-8-16(24(4)23-11)18(26)20-13-6-12(7-13)19-17(25)15-9-14(10(2)3)21-22-15/h8-10,12-13H,5-7H2,1-4H3,(H,19,25)(H,20,26)(H,21,22). The van der Waals surface area contributed by atoms with Gasteiger partial charge in [-0.25, -0.2) is 0 Å². The van der Waals surface area contributed by atoms with Crippen LogP contribution in [0.2, 0.25) is 0 Å². The van der Waals surface area contributed by atoms with Gasteiger partial charge in [0.25, 0.3) is 11.8 Å². The summed E-state index contributed by atoms with van der Waals surface area (Å²) in [4.78, 5) is 24.6. The third kappa shape index (κ3) is 3.79. The summed E-state index contributed by atoms with van der Waals surface area (Å²) in [6, 6.07) is 3.73. The first kappa shape index (κ1) is 18.2. The van der Waals surface area contributed by atoms with E-state index >= 15 is 0 Å². The van der Waals surface area contributed by atoms with Crippen LogP contribution in [0.4, 0.5) is 0 Å². The summed E-state index contributed by atoms with van der Waals surface area (Å²) in [6.07, 6.45) is 2.24. The first-order valence-corrected chi connectivity index (χ1v) is 9.07. The van der Waals surface area contributed by atoms with E-state index in [1.165, 1.54) is 0 Å². The van der Waals surface area contributed by atoms with Crippen molar-refractivity contribution in [1.82, 2.24) is 30.6 Å². The molecule has 0 aromatic carbocycles. The fourth-order valence-corrected chi connectivity index (χ4v) is 3.03. The van der Waals surface area contributed by atoms with Gasteiger partial charge in [0.05, 0.1) is 5.69 Å². The Morgan fingerprint density at radius 1 is 1.23 bits per heavy atom. The molecule has 0 saturated heterocycles. The Kier molecular flexibility index (Phi) is 5.11. The van der Waals surface area contributed by atoms with E-state index in [0.29, 0.717) is 17.3 Å². The van der Waals surface area contributed by atoms with Gasteiger partial charge in [-0.15, -0.1) is 0 Å². The molecule has 2 amide bonds. The number of carbonyl (C=O) groups is 2. The van der Waals surface area contributed by atoms with Gasteiger partial charge in [-0.2, -0.15) is 10.2 Å². The van der Waals surface area contributed by atoms with Crippen molar-refractivity contribution in [2.75, 3.05) is 0 Å². The van der Waals surface area contributed by atoms with E-state index < -0.39 is 0 Å². The smallest absolute Gasteiger partial charge is 0.271 e. The average Bonchev–Trinajstić information content (AvgIpc) is 3.19. The van der Waals surface area contributed by atoms with Crippen LogP contribution in [0.3, 0.4) is 0 Å². The van der Waals surface area contributed by atoms with Gasteiger partial charge in [-0.05, 0) is 37.3 Å². The number of carbonyl (C=O) groups excluding carboxylic acids is 2. The predicted molar refractivity (Wildman–Crippen MR) is 97.0 cm³/mol. The predicted octanol–water partition coefficient (Wildman–Crippen LogP) is 1.52. The molecule has 8 heteroatoms. The lowest BCUT2D eigenvalue weighted by molar-refractivity contribution is 0.0855. The molecule has 3 N–H and O–H groups in total. The molecule has 1 aliphatic carbocycles. The van der Waals surface area contributed by atoms with E-state index in [9.17, 15) is 9.59 Å². The van der Waals surface area contributed by atoms with Crippen LogP contribution in [0.5, 0.6) is 0 Å². The number of hydrogen-bond acceptors (Lipinski definition) is 4. The zero-order valence-corrected chi connectivity index (χ0v) is 15.7. The van der Waals surface area contributed by atoms with Crippen molar-refractivity contribution in [3.05, 3.63) is 34.9 Å². The monoisotopic (exact) mass is 358 g/mol. The SMILES string of the molecule is CCc1cc(C(=O)NC2CC(NC(=O)c3cc(C(C)C)[nH]n3)C2)n(C)n1. The molecule has 3 rings (SSSR count). The second kappa shape index (κ2) is 7.31. The van der Waals surface area contributed by atoms with Gasteiger partial charge in [0.1, 0.15) is 11.4 Å². The maximum absolute atomic E-state index is 12.3. The van der Waals surface area contributed by atoms with Crippen molar-refractivity contribution in [3.63, 3.8) is 0 Å². The summed E-state index contributed by atoms with van der Waals surface area (Å²) in [5.74, 6) is -0.00178. The fourth-order valence-electron chi connectivity index (χ4n) is 3.03. The second-order valence-electron chi connectivity index (χ2n) is 7.17. The lowest BCUT2D eigenvalue weighted by atomic mass is 9.86. The molecular formula is C18H26N6O2. The van der Waals surface area contributed by atoms with E-state index in [2.05, 4.69) is 25.9 Å². The molecule has 140 valence electrons. The first-order chi connectivity index (χ1) is 12.4. The number of nitrogens with zero attached hydrogens (tertiary/aromatic N) is 3. The average molecular weight is 358 g/mol. The van der Waals surface area contributed by atoms with Gasteiger partial charge in [0.2, 0.25) is 0 Å². The van der Waals surface area contributed by atoms with E-state index in [-0.39, 0.29) is 23.9 Å². The second-order valence-corrected chi connectivity index (χ2v) is 7.17. The minimum atomic E-state index is -0.179. The maximum atomic E-state index is 12.3. The molecule has 0 radical (unpaired) electrons. The number of aryl methyl sites for hydroxylation is 2. The first-order valence-electron chi connectivity index (χ1n) is 9.07. The van der Waals surface area contributed by atoms with Crippen LogP contribution in [0.1, 0.15) is 71.9 Å². The molecule has 26 heavy (non-hydrogen) atoms. The lowest BCUT2D eigenvalue weighted by Gasteiger charge is -2.36. The van der Waals surface area contributed by atoms with E-state index in [4.69, 9.17) is 0 Å². The molecule has 0 aliphatic heterocycles. The summed E-state index contributed by atoms with van der Waals surface area (Å²) < 4.78 is 1.61. The van der Waals surface area contributed by atoms with Crippen LogP contribution >= 0.6 is 0 Å². The largest absolute Gasteiger partial charge is 0.348 e. The molecule has 1 fully saturated rings. The van der Waals surface area contributed by atoms with Crippen molar-refractivity contribution in [2.24, 2.45) is 7.05 Å². The number of nitrogens with one attached hydrogen (secondary N) is 3. The molecule has 0 unspecified atom stereocenters. The van der Waals surface area contributed by atoms with Crippen molar-refractivity contribution in [1.29, 1.82) is 0 Å². The highest BCUT2D eigenvalue weighted by Gasteiger charge is 2.32. The fraction of sp³-hybridized carbons (Fsp3) is 0.556. The van der Waals surface area contributed by atoms with Crippen molar-refractivity contribution < 1.29 is 9.59 Å². The molecule has 1 aliphatic rings. The van der Waals surface area contributed by atoms with Gasteiger partial charge in [-0.1, -0.05) is 20.8 Å². The summed E-state index contributed by atoms with van der Waals surface area (Å²) in [5, 5.41) is 17.2. The van der Waals surface area contributed by atoms with E-state index in [1.54, 1.807) is 17.8 Å². The molecule has 2 aromatic rings. The number of aromatic amines is 1. The minimum absolute atomic E-state index is 0.0599. The number of aromatic nitrogens is 4. The Bertz CT molecular complexity index is 800. The topological polar surface area (TPSA) is 105 Å². The van der Waals surface area contributed by atoms with Crippen LogP contribution in [0.15, 0.2) is 12.1 Å². The molecule has 0 atom stereocenters. The number of rotatable bonds is 6. The molecule has 1 saturated carbocycles. The summed E-state index contributed by atoms with van der Waals surface area (Å²) in [6.45, 7) is 6.09. The van der Waals surface area contributed by atoms with Gasteiger partial charge >= 0.3 is 0 Å². The Labute approximate surface area is 152 Å². The van der Waals surface area contributed by atoms with Gasteiger partial charge < -0.3 is 10.6 Å². The summed E-state index contributed by atoms with van der Waals surface area (Å²) in [7, 11) is 1.77. The zero-order valence-electron chi connectivity index (χ0n) is 15.7. The van der Waals surface area contributed by atoms with Crippen LogP contribution in [0, 0.1) is 0 Å². The van der Waals surface area contributed by atoms with Crippen molar-refractivity contribution in [2.45, 2.75) is 58.0 Å². The highest BCUT2D eigenvalue weighted by Crippen LogP contribution is 2.21. The summed E-state index contributed by atoms with van der Waals surface area (Å²) in [5.41, 5.74) is 2.81. The molecule has 0 bridgehead atoms. The van der Waals surface area contributed by atoms with E-state index in [0.717, 1.165) is 30.7 Å². The van der Waals surface area contributed by atoms with E-state index in [1.807, 2.05) is 26.8 Å². The Hall–Kier alpha value is -2.64. The van der Waals surface area contributed by atoms with Gasteiger partial charge in [0.15, 0.2) is 0 Å². The Morgan fingerprint density at radius 2 is 1.88 bits per heavy atom. The van der Waals surface area contributed by atoms with Crippen LogP contribution < -0.4 is 10.6 Å². The lowest BCUT2D eigenvalue weighted by Crippen LogP contribution is -2.54. The highest BCUT2D eigenvalue weighted by molar-refractivity contribution is 5.93. The molecular weight excluding hydrogens is 332 g/mol. The number of H-pyrrole nitrogens is 1. The molecule has 0 spiro atoms. The third-order valence-electron chi connectivity index (χ3n) is 4.79. The third-order valence-corrected chi connectivity index (χ3v) is 4.79. The highest BCUT2D eigenvalue weighted by atomic mass is 16.2. The Balaban J connectivity index is 1.47. The van der Waals surface area contributed by atoms with Crippen molar-refractivity contribution >= 4 is 11.8 Å². The maximum Gasteiger partial charge on any atom is 0.271 e. The van der Waals surface area contributed by atoms with Gasteiger partial charge in [0, 0.05) is 24.8 Å². The summed E-state index contributed by atoms with van der Waals surface area (Å²) >= 11 is 0. The van der Waals surface area contributed by atoms with Crippen LogP contribution in [-0.2, 0) is 13.5 Å². The normalized spacial score (nSPS) is 19.3. The van der Waals surface area contributed by atoms with Crippen molar-refractivity contribution in [3.8, 4) is 0 Å². The van der Waals surface area contributed by atoms with Crippen LogP contribution in [-0.4, -0.2) is 43.9 Å².